The highest BCUT2D eigenvalue weighted by Gasteiger charge is 2.21. The fraction of sp³-hybridized carbons (Fsp3) is 0.312. The summed E-state index contributed by atoms with van der Waals surface area (Å²) in [5.41, 5.74) is 2.55. The number of rotatable bonds is 4. The maximum atomic E-state index is 4.15. The van der Waals surface area contributed by atoms with Gasteiger partial charge in [0.1, 0.15) is 0 Å². The van der Waals surface area contributed by atoms with Crippen LogP contribution in [0.5, 0.6) is 0 Å². The van der Waals surface area contributed by atoms with Gasteiger partial charge in [-0.25, -0.2) is 0 Å². The molecule has 0 amide bonds. The molecular weight excluding hydrogens is 314 g/mol. The Hall–Kier alpha value is -1.39. The first-order chi connectivity index (χ1) is 9.81. The fourth-order valence-corrected chi connectivity index (χ4v) is 2.84. The second kappa shape index (κ2) is 6.37. The molecule has 0 bridgehead atoms. The molecule has 1 aromatic heterocycles. The summed E-state index contributed by atoms with van der Waals surface area (Å²) in [5.74, 6) is 0. The van der Waals surface area contributed by atoms with Gasteiger partial charge in [0, 0.05) is 48.2 Å². The topological polar surface area (TPSA) is 28.2 Å². The SMILES string of the molecule is Brc1ccc(N2CC[C@H](NCc3cccnc3)C2)cc1. The summed E-state index contributed by atoms with van der Waals surface area (Å²) in [7, 11) is 0. The van der Waals surface area contributed by atoms with Crippen LogP contribution in [0.2, 0.25) is 0 Å². The molecule has 4 heteroatoms. The smallest absolute Gasteiger partial charge is 0.0367 e. The molecule has 1 N–H and O–H groups in total. The number of halogens is 1. The zero-order chi connectivity index (χ0) is 13.8. The summed E-state index contributed by atoms with van der Waals surface area (Å²) in [6.07, 6.45) is 4.93. The van der Waals surface area contributed by atoms with Gasteiger partial charge in [-0.2, -0.15) is 0 Å². The van der Waals surface area contributed by atoms with Crippen molar-refractivity contribution >= 4 is 21.6 Å². The van der Waals surface area contributed by atoms with E-state index in [2.05, 4.69) is 61.5 Å². The molecule has 20 heavy (non-hydrogen) atoms. The Morgan fingerprint density at radius 2 is 2.10 bits per heavy atom. The highest BCUT2D eigenvalue weighted by molar-refractivity contribution is 9.10. The molecule has 0 aliphatic carbocycles. The molecule has 1 aromatic carbocycles. The molecule has 1 saturated heterocycles. The molecule has 2 heterocycles. The summed E-state index contributed by atoms with van der Waals surface area (Å²) in [6.45, 7) is 3.08. The molecule has 1 aliphatic rings. The van der Waals surface area contributed by atoms with E-state index in [4.69, 9.17) is 0 Å². The van der Waals surface area contributed by atoms with Gasteiger partial charge in [-0.3, -0.25) is 4.98 Å². The standard InChI is InChI=1S/C16H18BrN3/c17-14-3-5-16(6-4-14)20-9-7-15(12-20)19-11-13-2-1-8-18-10-13/h1-6,8,10,15,19H,7,9,11-12H2/t15-/m0/s1. The minimum absolute atomic E-state index is 0.554. The van der Waals surface area contributed by atoms with Gasteiger partial charge in [0.25, 0.3) is 0 Å². The van der Waals surface area contributed by atoms with E-state index in [-0.39, 0.29) is 0 Å². The van der Waals surface area contributed by atoms with Gasteiger partial charge >= 0.3 is 0 Å². The van der Waals surface area contributed by atoms with E-state index in [1.54, 1.807) is 0 Å². The van der Waals surface area contributed by atoms with Crippen molar-refractivity contribution < 1.29 is 0 Å². The molecule has 0 spiro atoms. The van der Waals surface area contributed by atoms with Crippen molar-refractivity contribution in [3.8, 4) is 0 Å². The van der Waals surface area contributed by atoms with Crippen molar-refractivity contribution in [3.05, 3.63) is 58.8 Å². The maximum absolute atomic E-state index is 4.15. The van der Waals surface area contributed by atoms with Crippen LogP contribution in [-0.2, 0) is 6.54 Å². The van der Waals surface area contributed by atoms with Crippen LogP contribution >= 0.6 is 15.9 Å². The lowest BCUT2D eigenvalue weighted by molar-refractivity contribution is 0.551. The van der Waals surface area contributed by atoms with E-state index in [0.717, 1.165) is 24.1 Å². The number of hydrogen-bond donors (Lipinski definition) is 1. The third-order valence-electron chi connectivity index (χ3n) is 3.70. The molecule has 2 aromatic rings. The molecule has 3 nitrogen and oxygen atoms in total. The number of anilines is 1. The number of pyridine rings is 1. The zero-order valence-corrected chi connectivity index (χ0v) is 12.9. The van der Waals surface area contributed by atoms with E-state index in [0.29, 0.717) is 6.04 Å². The van der Waals surface area contributed by atoms with Crippen LogP contribution < -0.4 is 10.2 Å². The predicted molar refractivity (Wildman–Crippen MR) is 85.8 cm³/mol. The Morgan fingerprint density at radius 3 is 2.85 bits per heavy atom. The van der Waals surface area contributed by atoms with Crippen molar-refractivity contribution in [3.63, 3.8) is 0 Å². The second-order valence-corrected chi connectivity index (χ2v) is 6.07. The molecule has 0 unspecified atom stereocenters. The molecule has 1 fully saturated rings. The van der Waals surface area contributed by atoms with Crippen LogP contribution in [0.4, 0.5) is 5.69 Å². The Bertz CT molecular complexity index is 541. The average molecular weight is 332 g/mol. The Kier molecular flexibility index (Phi) is 4.33. The lowest BCUT2D eigenvalue weighted by Gasteiger charge is -2.19. The third-order valence-corrected chi connectivity index (χ3v) is 4.23. The summed E-state index contributed by atoms with van der Waals surface area (Å²) in [6, 6.07) is 13.2. The van der Waals surface area contributed by atoms with Crippen LogP contribution in [0.1, 0.15) is 12.0 Å². The maximum Gasteiger partial charge on any atom is 0.0367 e. The molecule has 104 valence electrons. The summed E-state index contributed by atoms with van der Waals surface area (Å²) < 4.78 is 1.13. The molecule has 0 radical (unpaired) electrons. The Balaban J connectivity index is 1.53. The van der Waals surface area contributed by atoms with E-state index in [1.165, 1.54) is 17.7 Å². The lowest BCUT2D eigenvalue weighted by Crippen LogP contribution is -2.32. The minimum atomic E-state index is 0.554. The summed E-state index contributed by atoms with van der Waals surface area (Å²) >= 11 is 3.48. The Morgan fingerprint density at radius 1 is 1.25 bits per heavy atom. The van der Waals surface area contributed by atoms with Crippen molar-refractivity contribution in [1.82, 2.24) is 10.3 Å². The van der Waals surface area contributed by atoms with Crippen LogP contribution in [0, 0.1) is 0 Å². The van der Waals surface area contributed by atoms with Gasteiger partial charge in [-0.15, -0.1) is 0 Å². The van der Waals surface area contributed by atoms with E-state index in [9.17, 15) is 0 Å². The van der Waals surface area contributed by atoms with E-state index in [1.807, 2.05) is 18.5 Å². The number of benzene rings is 1. The quantitative estimate of drug-likeness (QED) is 0.932. The first-order valence-corrected chi connectivity index (χ1v) is 7.73. The van der Waals surface area contributed by atoms with Gasteiger partial charge < -0.3 is 10.2 Å². The van der Waals surface area contributed by atoms with E-state index >= 15 is 0 Å². The fourth-order valence-electron chi connectivity index (χ4n) is 2.58. The highest BCUT2D eigenvalue weighted by Crippen LogP contribution is 2.22. The minimum Gasteiger partial charge on any atom is -0.370 e. The first-order valence-electron chi connectivity index (χ1n) is 6.94. The highest BCUT2D eigenvalue weighted by atomic mass is 79.9. The van der Waals surface area contributed by atoms with Crippen molar-refractivity contribution in [2.75, 3.05) is 18.0 Å². The normalized spacial score (nSPS) is 18.4. The van der Waals surface area contributed by atoms with Crippen LogP contribution in [0.3, 0.4) is 0 Å². The number of hydrogen-bond acceptors (Lipinski definition) is 3. The molecule has 1 atom stereocenters. The number of nitrogens with one attached hydrogen (secondary N) is 1. The predicted octanol–water partition coefficient (Wildman–Crippen LogP) is 3.21. The van der Waals surface area contributed by atoms with Gasteiger partial charge in [0.05, 0.1) is 0 Å². The third kappa shape index (κ3) is 3.38. The van der Waals surface area contributed by atoms with Crippen molar-refractivity contribution in [2.45, 2.75) is 19.0 Å². The number of aromatic nitrogens is 1. The zero-order valence-electron chi connectivity index (χ0n) is 11.3. The molecule has 0 saturated carbocycles. The summed E-state index contributed by atoms with van der Waals surface area (Å²) in [4.78, 5) is 6.58. The molecule has 3 rings (SSSR count). The lowest BCUT2D eigenvalue weighted by atomic mass is 10.2. The van der Waals surface area contributed by atoms with Gasteiger partial charge in [0.2, 0.25) is 0 Å². The largest absolute Gasteiger partial charge is 0.370 e. The monoisotopic (exact) mass is 331 g/mol. The first kappa shape index (κ1) is 13.6. The van der Waals surface area contributed by atoms with Crippen molar-refractivity contribution in [1.29, 1.82) is 0 Å². The van der Waals surface area contributed by atoms with Gasteiger partial charge in [0.15, 0.2) is 0 Å². The van der Waals surface area contributed by atoms with Crippen LogP contribution in [-0.4, -0.2) is 24.1 Å². The van der Waals surface area contributed by atoms with Crippen LogP contribution in [0.25, 0.3) is 0 Å². The van der Waals surface area contributed by atoms with E-state index < -0.39 is 0 Å². The van der Waals surface area contributed by atoms with Crippen molar-refractivity contribution in [2.24, 2.45) is 0 Å². The van der Waals surface area contributed by atoms with Crippen LogP contribution in [0.15, 0.2) is 53.3 Å². The van der Waals surface area contributed by atoms with Gasteiger partial charge in [-0.1, -0.05) is 22.0 Å². The molecule has 1 aliphatic heterocycles. The van der Waals surface area contributed by atoms with Gasteiger partial charge in [-0.05, 0) is 42.3 Å². The second-order valence-electron chi connectivity index (χ2n) is 5.15. The number of nitrogens with zero attached hydrogens (tertiary/aromatic N) is 2. The average Bonchev–Trinajstić information content (AvgIpc) is 2.96. The molecular formula is C16H18BrN3. The summed E-state index contributed by atoms with van der Waals surface area (Å²) in [5, 5.41) is 3.62. The Labute approximate surface area is 128 Å².